The van der Waals surface area contributed by atoms with Crippen molar-refractivity contribution in [1.82, 2.24) is 5.32 Å². The van der Waals surface area contributed by atoms with E-state index >= 15 is 0 Å². The minimum atomic E-state index is -0.686. The van der Waals surface area contributed by atoms with Crippen molar-refractivity contribution < 1.29 is 9.90 Å². The van der Waals surface area contributed by atoms with Gasteiger partial charge in [-0.2, -0.15) is 0 Å². The van der Waals surface area contributed by atoms with Crippen LogP contribution in [0.3, 0.4) is 0 Å². The maximum absolute atomic E-state index is 11.6. The molecule has 25 heavy (non-hydrogen) atoms. The summed E-state index contributed by atoms with van der Waals surface area (Å²) in [5.41, 5.74) is 9.88. The summed E-state index contributed by atoms with van der Waals surface area (Å²) in [4.78, 5) is 11.6. The Balaban J connectivity index is 1.44. The van der Waals surface area contributed by atoms with Crippen LogP contribution >= 0.6 is 0 Å². The monoisotopic (exact) mass is 338 g/mol. The summed E-state index contributed by atoms with van der Waals surface area (Å²) in [6.45, 7) is 1.73. The normalized spacial score (nSPS) is 18.9. The first kappa shape index (κ1) is 17.6. The molecule has 2 aromatic rings. The number of aliphatic hydroxyl groups is 1. The van der Waals surface area contributed by atoms with Crippen LogP contribution in [0.4, 0.5) is 0 Å². The molecule has 0 radical (unpaired) electrons. The fourth-order valence-corrected chi connectivity index (χ4v) is 3.58. The molecular weight excluding hydrogens is 312 g/mol. The molecule has 132 valence electrons. The quantitative estimate of drug-likeness (QED) is 0.647. The zero-order chi connectivity index (χ0) is 17.6. The number of rotatable bonds is 8. The largest absolute Gasteiger partial charge is 0.392 e. The second-order valence-corrected chi connectivity index (χ2v) is 6.80. The van der Waals surface area contributed by atoms with E-state index in [-0.39, 0.29) is 0 Å². The number of benzene rings is 2. The van der Waals surface area contributed by atoms with Crippen molar-refractivity contribution in [3.8, 4) is 0 Å². The van der Waals surface area contributed by atoms with Gasteiger partial charge in [0.15, 0.2) is 0 Å². The molecule has 1 amide bonds. The van der Waals surface area contributed by atoms with Gasteiger partial charge in [-0.15, -0.1) is 0 Å². The third-order valence-electron chi connectivity index (χ3n) is 4.91. The van der Waals surface area contributed by atoms with Crippen molar-refractivity contribution in [2.24, 2.45) is 5.73 Å². The van der Waals surface area contributed by atoms with Crippen molar-refractivity contribution in [3.05, 3.63) is 70.8 Å². The Morgan fingerprint density at radius 2 is 1.92 bits per heavy atom. The predicted molar refractivity (Wildman–Crippen MR) is 99.2 cm³/mol. The number of nitrogens with one attached hydrogen (secondary N) is 1. The van der Waals surface area contributed by atoms with Crippen LogP contribution in [0, 0.1) is 0 Å². The summed E-state index contributed by atoms with van der Waals surface area (Å²) in [5.74, 6) is -1.02. The Morgan fingerprint density at radius 1 is 1.12 bits per heavy atom. The number of fused-ring (bicyclic) bond motifs is 1. The summed E-state index contributed by atoms with van der Waals surface area (Å²) in [5, 5.41) is 13.5. The van der Waals surface area contributed by atoms with Crippen molar-refractivity contribution in [2.75, 3.05) is 6.54 Å². The minimum absolute atomic E-state index is 0.447. The van der Waals surface area contributed by atoms with E-state index in [1.54, 1.807) is 0 Å². The fraction of sp³-hybridized carbons (Fsp3) is 0.381. The van der Waals surface area contributed by atoms with E-state index in [1.165, 1.54) is 5.56 Å². The standard InChI is InChI=1S/C21H26N2O2/c22-21(25)20-18-12-16(9-10-17(18)13-19(20)24)14-23-11-5-4-8-15-6-2-1-3-7-15/h1-3,6-7,9-10,12,19-20,23-24H,4-5,8,11,13-14H2,(H2,22,25)/t19-,20-/m1/s1. The van der Waals surface area contributed by atoms with Crippen molar-refractivity contribution >= 4 is 5.91 Å². The number of carbonyl (C=O) groups excluding carboxylic acids is 1. The van der Waals surface area contributed by atoms with Gasteiger partial charge in [0.1, 0.15) is 0 Å². The second-order valence-electron chi connectivity index (χ2n) is 6.80. The average Bonchev–Trinajstić information content (AvgIpc) is 2.94. The highest BCUT2D eigenvalue weighted by molar-refractivity contribution is 5.84. The maximum Gasteiger partial charge on any atom is 0.227 e. The van der Waals surface area contributed by atoms with Gasteiger partial charge in [0.05, 0.1) is 12.0 Å². The Morgan fingerprint density at radius 3 is 2.68 bits per heavy atom. The highest BCUT2D eigenvalue weighted by atomic mass is 16.3. The van der Waals surface area contributed by atoms with Crippen LogP contribution in [0.1, 0.15) is 41.0 Å². The van der Waals surface area contributed by atoms with E-state index in [9.17, 15) is 9.90 Å². The van der Waals surface area contributed by atoms with Crippen LogP contribution in [-0.4, -0.2) is 23.7 Å². The molecule has 3 rings (SSSR count). The number of primary amides is 1. The number of hydrogen-bond acceptors (Lipinski definition) is 3. The van der Waals surface area contributed by atoms with Gasteiger partial charge < -0.3 is 16.2 Å². The van der Waals surface area contributed by atoms with Crippen molar-refractivity contribution in [3.63, 3.8) is 0 Å². The second kappa shape index (κ2) is 8.28. The Labute approximate surface area is 149 Å². The number of hydrogen-bond donors (Lipinski definition) is 3. The van der Waals surface area contributed by atoms with E-state index in [2.05, 4.69) is 35.6 Å². The third kappa shape index (κ3) is 4.47. The number of nitrogens with two attached hydrogens (primary N) is 1. The number of unbranched alkanes of at least 4 members (excludes halogenated alkanes) is 1. The smallest absolute Gasteiger partial charge is 0.227 e. The number of aliphatic hydroxyl groups excluding tert-OH is 1. The zero-order valence-corrected chi connectivity index (χ0v) is 14.4. The van der Waals surface area contributed by atoms with Gasteiger partial charge in [-0.1, -0.05) is 48.5 Å². The first-order valence-electron chi connectivity index (χ1n) is 8.99. The van der Waals surface area contributed by atoms with Crippen LogP contribution in [0.5, 0.6) is 0 Å². The Kier molecular flexibility index (Phi) is 5.84. The van der Waals surface area contributed by atoms with Gasteiger partial charge in [0.25, 0.3) is 0 Å². The minimum Gasteiger partial charge on any atom is -0.392 e. The SMILES string of the molecule is NC(=O)[C@@H]1c2cc(CNCCCCc3ccccc3)ccc2C[C@H]1O. The Bertz CT molecular complexity index is 715. The van der Waals surface area contributed by atoms with Gasteiger partial charge in [0.2, 0.25) is 5.91 Å². The first-order valence-corrected chi connectivity index (χ1v) is 8.99. The molecule has 2 aromatic carbocycles. The molecule has 4 heteroatoms. The molecule has 4 nitrogen and oxygen atoms in total. The summed E-state index contributed by atoms with van der Waals surface area (Å²) in [7, 11) is 0. The molecule has 0 aromatic heterocycles. The van der Waals surface area contributed by atoms with Crippen molar-refractivity contribution in [1.29, 1.82) is 0 Å². The molecule has 2 atom stereocenters. The lowest BCUT2D eigenvalue weighted by atomic mass is 9.97. The van der Waals surface area contributed by atoms with Crippen molar-refractivity contribution in [2.45, 2.75) is 44.2 Å². The molecule has 0 bridgehead atoms. The molecule has 0 heterocycles. The van der Waals surface area contributed by atoms with E-state index in [1.807, 2.05) is 18.2 Å². The number of carbonyl (C=O) groups is 1. The molecule has 0 saturated heterocycles. The van der Waals surface area contributed by atoms with Crippen LogP contribution in [0.2, 0.25) is 0 Å². The van der Waals surface area contributed by atoms with Gasteiger partial charge in [-0.05, 0) is 54.5 Å². The van der Waals surface area contributed by atoms with E-state index in [0.717, 1.165) is 49.0 Å². The third-order valence-corrected chi connectivity index (χ3v) is 4.91. The molecule has 0 spiro atoms. The van der Waals surface area contributed by atoms with Gasteiger partial charge in [0, 0.05) is 6.54 Å². The molecular formula is C21H26N2O2. The lowest BCUT2D eigenvalue weighted by Crippen LogP contribution is -2.28. The summed E-state index contributed by atoms with van der Waals surface area (Å²) in [6.07, 6.45) is 3.23. The zero-order valence-electron chi connectivity index (χ0n) is 14.4. The lowest BCUT2D eigenvalue weighted by Gasteiger charge is -2.12. The fourth-order valence-electron chi connectivity index (χ4n) is 3.58. The summed E-state index contributed by atoms with van der Waals surface area (Å²) >= 11 is 0. The van der Waals surface area contributed by atoms with E-state index < -0.39 is 17.9 Å². The number of aryl methyl sites for hydroxylation is 1. The molecule has 0 unspecified atom stereocenters. The van der Waals surface area contributed by atoms with Crippen LogP contribution in [-0.2, 0) is 24.2 Å². The highest BCUT2D eigenvalue weighted by Gasteiger charge is 2.35. The molecule has 1 aliphatic rings. The first-order chi connectivity index (χ1) is 12.1. The summed E-state index contributed by atoms with van der Waals surface area (Å²) < 4.78 is 0. The molecule has 1 aliphatic carbocycles. The van der Waals surface area contributed by atoms with E-state index in [0.29, 0.717) is 6.42 Å². The Hall–Kier alpha value is -2.17. The van der Waals surface area contributed by atoms with Gasteiger partial charge in [-0.3, -0.25) is 4.79 Å². The van der Waals surface area contributed by atoms with Crippen LogP contribution < -0.4 is 11.1 Å². The molecule has 0 fully saturated rings. The highest BCUT2D eigenvalue weighted by Crippen LogP contribution is 2.33. The average molecular weight is 338 g/mol. The topological polar surface area (TPSA) is 75.4 Å². The van der Waals surface area contributed by atoms with Crippen LogP contribution in [0.25, 0.3) is 0 Å². The molecule has 4 N–H and O–H groups in total. The molecule has 0 saturated carbocycles. The van der Waals surface area contributed by atoms with E-state index in [4.69, 9.17) is 5.73 Å². The van der Waals surface area contributed by atoms with Crippen LogP contribution in [0.15, 0.2) is 48.5 Å². The lowest BCUT2D eigenvalue weighted by molar-refractivity contribution is -0.121. The van der Waals surface area contributed by atoms with Gasteiger partial charge >= 0.3 is 0 Å². The van der Waals surface area contributed by atoms with Gasteiger partial charge in [-0.25, -0.2) is 0 Å². The summed E-state index contributed by atoms with van der Waals surface area (Å²) in [6, 6.07) is 16.6. The maximum atomic E-state index is 11.6. The molecule has 0 aliphatic heterocycles. The number of amides is 1. The predicted octanol–water partition coefficient (Wildman–Crippen LogP) is 2.29.